The molecule has 4 rings (SSSR count). The molecule has 0 amide bonds. The molecular formula is C26H25F3MoO2P-. The van der Waals surface area contributed by atoms with Crippen molar-refractivity contribution in [2.75, 3.05) is 0 Å². The summed E-state index contributed by atoms with van der Waals surface area (Å²) in [6.07, 6.45) is 7.50. The standard InChI is InChI=1S/C18H15P.C5H10.CF3.2CO.Mo/c1-4-10-16(11-5-1)19(17-12-6-2-7-13-17)18-14-8-3-9-15-18;1-2-4-5-3-1;2-1(3)4;2*1-2;/h1-15H;1-5H2;;;;/q;;-1;;;. The van der Waals surface area contributed by atoms with E-state index >= 15 is 0 Å². The zero-order valence-corrected chi connectivity index (χ0v) is 20.9. The van der Waals surface area contributed by atoms with Gasteiger partial charge in [0.15, 0.2) is 6.68 Å². The van der Waals surface area contributed by atoms with Crippen LogP contribution in [0.4, 0.5) is 13.2 Å². The maximum atomic E-state index is 9.58. The first-order valence-corrected chi connectivity index (χ1v) is 11.2. The van der Waals surface area contributed by atoms with Crippen molar-refractivity contribution in [1.29, 1.82) is 0 Å². The first kappa shape index (κ1) is 33.2. The summed E-state index contributed by atoms with van der Waals surface area (Å²) in [5, 5.41) is 4.19. The summed E-state index contributed by atoms with van der Waals surface area (Å²) < 4.78 is 43.8. The van der Waals surface area contributed by atoms with Crippen LogP contribution >= 0.6 is 7.92 Å². The van der Waals surface area contributed by atoms with Gasteiger partial charge in [-0.25, -0.2) is 0 Å². The maximum Gasteiger partial charge on any atom is 0 e. The van der Waals surface area contributed by atoms with E-state index in [2.05, 4.69) is 104 Å². The Bertz CT molecular complexity index is 733. The zero-order chi connectivity index (χ0) is 24.0. The van der Waals surface area contributed by atoms with E-state index < -0.39 is 14.6 Å². The molecule has 7 heteroatoms. The fourth-order valence-electron chi connectivity index (χ4n) is 3.06. The molecule has 0 atom stereocenters. The SMILES string of the molecule is C1CCCC1.F[C-](F)F.[C-]#[O+].[C-]#[O+].[Mo].c1ccc(P(c2ccccc2)c2ccccc2)cc1. The van der Waals surface area contributed by atoms with Crippen LogP contribution in [-0.4, -0.2) is 0 Å². The predicted molar refractivity (Wildman–Crippen MR) is 123 cm³/mol. The maximum absolute atomic E-state index is 9.58. The summed E-state index contributed by atoms with van der Waals surface area (Å²) in [7, 11) is -0.446. The van der Waals surface area contributed by atoms with Crippen LogP contribution in [0.1, 0.15) is 32.1 Å². The average molecular weight is 553 g/mol. The summed E-state index contributed by atoms with van der Waals surface area (Å²) in [4.78, 5) is 0. The second-order valence-corrected chi connectivity index (χ2v) is 8.54. The minimum atomic E-state index is -3.08. The summed E-state index contributed by atoms with van der Waals surface area (Å²) in [6.45, 7) is 5.92. The second kappa shape index (κ2) is 23.2. The Balaban J connectivity index is 0. The number of hydrogen-bond donors (Lipinski definition) is 0. The first-order valence-electron chi connectivity index (χ1n) is 9.88. The van der Waals surface area contributed by atoms with Gasteiger partial charge in [0.2, 0.25) is 0 Å². The van der Waals surface area contributed by atoms with E-state index in [1.807, 2.05) is 0 Å². The number of rotatable bonds is 3. The minimum Gasteiger partial charge on any atom is -0.0622 e. The van der Waals surface area contributed by atoms with Gasteiger partial charge in [-0.3, -0.25) is 0 Å². The van der Waals surface area contributed by atoms with Gasteiger partial charge in [0.25, 0.3) is 0 Å². The van der Waals surface area contributed by atoms with Gasteiger partial charge in [0.1, 0.15) is 0 Å². The van der Waals surface area contributed by atoms with Crippen LogP contribution in [0.25, 0.3) is 0 Å². The molecule has 0 spiro atoms. The Hall–Kier alpha value is -1.95. The van der Waals surface area contributed by atoms with E-state index in [4.69, 9.17) is 9.30 Å². The second-order valence-electron chi connectivity index (χ2n) is 6.32. The Morgan fingerprint density at radius 3 is 0.879 bits per heavy atom. The molecule has 1 saturated carbocycles. The van der Waals surface area contributed by atoms with Crippen molar-refractivity contribution in [1.82, 2.24) is 0 Å². The largest absolute Gasteiger partial charge is 0.0622 e. The topological polar surface area (TPSA) is 39.8 Å². The van der Waals surface area contributed by atoms with Crippen molar-refractivity contribution >= 4 is 23.8 Å². The third kappa shape index (κ3) is 15.5. The number of halogens is 3. The average Bonchev–Trinajstić information content (AvgIpc) is 3.44. The van der Waals surface area contributed by atoms with Crippen molar-refractivity contribution in [3.05, 3.63) is 111 Å². The molecule has 33 heavy (non-hydrogen) atoms. The molecule has 0 N–H and O–H groups in total. The molecule has 1 aliphatic carbocycles. The Morgan fingerprint density at radius 2 is 0.697 bits per heavy atom. The smallest absolute Gasteiger partial charge is 0 e. The van der Waals surface area contributed by atoms with Gasteiger partial charge in [-0.15, -0.1) is 0 Å². The molecule has 0 unspecified atom stereocenters. The van der Waals surface area contributed by atoms with Crippen molar-refractivity contribution in [3.8, 4) is 0 Å². The van der Waals surface area contributed by atoms with Gasteiger partial charge in [-0.05, 0) is 23.8 Å². The molecule has 3 aromatic rings. The molecule has 1 aliphatic rings. The van der Waals surface area contributed by atoms with Crippen molar-refractivity contribution in [3.63, 3.8) is 0 Å². The summed E-state index contributed by atoms with van der Waals surface area (Å²) in [6, 6.07) is 32.3. The quantitative estimate of drug-likeness (QED) is 0.151. The van der Waals surface area contributed by atoms with E-state index in [9.17, 15) is 13.2 Å². The van der Waals surface area contributed by atoms with Gasteiger partial charge < -0.3 is 13.2 Å². The van der Waals surface area contributed by atoms with Crippen LogP contribution in [0, 0.1) is 20.0 Å². The van der Waals surface area contributed by atoms with Gasteiger partial charge in [0, 0.05) is 21.1 Å². The van der Waals surface area contributed by atoms with Gasteiger partial charge in [-0.2, -0.15) is 0 Å². The normalized spacial score (nSPS) is 10.9. The van der Waals surface area contributed by atoms with Crippen LogP contribution in [0.15, 0.2) is 91.0 Å². The van der Waals surface area contributed by atoms with Gasteiger partial charge >= 0.3 is 22.6 Å². The molecule has 0 saturated heterocycles. The molecule has 174 valence electrons. The van der Waals surface area contributed by atoms with Crippen LogP contribution in [0.2, 0.25) is 0 Å². The van der Waals surface area contributed by atoms with E-state index in [0.717, 1.165) is 0 Å². The summed E-state index contributed by atoms with van der Waals surface area (Å²) in [5.41, 5.74) is 0. The summed E-state index contributed by atoms with van der Waals surface area (Å²) in [5.74, 6) is 0. The number of benzene rings is 3. The van der Waals surface area contributed by atoms with Crippen molar-refractivity contribution < 1.29 is 43.5 Å². The number of hydrogen-bond acceptors (Lipinski definition) is 0. The Morgan fingerprint density at radius 1 is 0.515 bits per heavy atom. The Labute approximate surface area is 210 Å². The molecule has 1 fully saturated rings. The van der Waals surface area contributed by atoms with Crippen molar-refractivity contribution in [2.24, 2.45) is 0 Å². The zero-order valence-electron chi connectivity index (χ0n) is 18.0. The van der Waals surface area contributed by atoms with Crippen LogP contribution in [0.3, 0.4) is 0 Å². The minimum absolute atomic E-state index is 0. The molecule has 0 bridgehead atoms. The molecule has 0 aromatic heterocycles. The molecule has 3 aromatic carbocycles. The predicted octanol–water partition coefficient (Wildman–Crippen LogP) is 6.66. The molecule has 0 heterocycles. The van der Waals surface area contributed by atoms with Crippen LogP contribution < -0.4 is 15.9 Å². The fraction of sp³-hybridized carbons (Fsp3) is 0.192. The van der Waals surface area contributed by atoms with E-state index in [1.165, 1.54) is 48.0 Å². The van der Waals surface area contributed by atoms with Crippen LogP contribution in [0.5, 0.6) is 0 Å². The Kier molecular flexibility index (Phi) is 23.4. The molecular weight excluding hydrogens is 528 g/mol. The first-order chi connectivity index (χ1) is 15.7. The van der Waals surface area contributed by atoms with Crippen molar-refractivity contribution in [2.45, 2.75) is 32.1 Å². The third-order valence-corrected chi connectivity index (χ3v) is 6.74. The van der Waals surface area contributed by atoms with E-state index in [1.54, 1.807) is 0 Å². The van der Waals surface area contributed by atoms with Gasteiger partial charge in [-0.1, -0.05) is 123 Å². The molecule has 0 aliphatic heterocycles. The molecule has 0 radical (unpaired) electrons. The van der Waals surface area contributed by atoms with Crippen LogP contribution in [-0.2, 0) is 30.4 Å². The third-order valence-electron chi connectivity index (χ3n) is 4.29. The molecule has 2 nitrogen and oxygen atoms in total. The van der Waals surface area contributed by atoms with E-state index in [-0.39, 0.29) is 21.1 Å². The fourth-order valence-corrected chi connectivity index (χ4v) is 5.37. The monoisotopic (exact) mass is 555 g/mol. The van der Waals surface area contributed by atoms with Gasteiger partial charge in [0.05, 0.1) is 0 Å². The van der Waals surface area contributed by atoms with E-state index in [0.29, 0.717) is 0 Å². The summed E-state index contributed by atoms with van der Waals surface area (Å²) >= 11 is 0.